The highest BCUT2D eigenvalue weighted by Crippen LogP contribution is 2.34. The van der Waals surface area contributed by atoms with Gasteiger partial charge in [-0.3, -0.25) is 4.99 Å². The summed E-state index contributed by atoms with van der Waals surface area (Å²) in [5.74, 6) is 1.89. The predicted octanol–water partition coefficient (Wildman–Crippen LogP) is 4.64. The first kappa shape index (κ1) is 15.0. The number of hydrogen-bond acceptors (Lipinski definition) is 3. The monoisotopic (exact) mass is 302 g/mol. The lowest BCUT2D eigenvalue weighted by Gasteiger charge is -2.26. The fourth-order valence-electron chi connectivity index (χ4n) is 3.31. The van der Waals surface area contributed by atoms with Crippen molar-refractivity contribution in [1.29, 1.82) is 0 Å². The van der Waals surface area contributed by atoms with Crippen molar-refractivity contribution < 1.29 is 0 Å². The number of hydrogen-bond donors (Lipinski definition) is 1. The number of thioether (sulfide) groups is 1. The van der Waals surface area contributed by atoms with Gasteiger partial charge in [-0.05, 0) is 23.8 Å². The molecule has 3 rings (SSSR count). The van der Waals surface area contributed by atoms with Crippen molar-refractivity contribution in [2.75, 3.05) is 13.1 Å². The highest BCUT2D eigenvalue weighted by atomic mass is 32.2. The van der Waals surface area contributed by atoms with Crippen LogP contribution in [-0.2, 0) is 0 Å². The molecular weight excluding hydrogens is 276 g/mol. The molecule has 1 aromatic carbocycles. The van der Waals surface area contributed by atoms with E-state index in [1.807, 2.05) is 11.8 Å². The van der Waals surface area contributed by atoms with Crippen molar-refractivity contribution in [3.63, 3.8) is 0 Å². The number of rotatable bonds is 4. The van der Waals surface area contributed by atoms with E-state index in [-0.39, 0.29) is 0 Å². The van der Waals surface area contributed by atoms with Gasteiger partial charge in [-0.25, -0.2) is 0 Å². The molecule has 114 valence electrons. The number of amidine groups is 1. The SMILES string of the molecule is CC1CCC(CCNC2=NCC(c3ccccc3)S2)CC1. The molecule has 0 amide bonds. The van der Waals surface area contributed by atoms with Gasteiger partial charge < -0.3 is 5.32 Å². The molecule has 1 heterocycles. The third-order valence-electron chi connectivity index (χ3n) is 4.79. The van der Waals surface area contributed by atoms with Gasteiger partial charge in [0.25, 0.3) is 0 Å². The summed E-state index contributed by atoms with van der Waals surface area (Å²) in [5, 5.41) is 5.20. The van der Waals surface area contributed by atoms with Gasteiger partial charge in [0, 0.05) is 6.54 Å². The number of aliphatic imine (C=N–C) groups is 1. The minimum Gasteiger partial charge on any atom is -0.365 e. The van der Waals surface area contributed by atoms with E-state index in [0.29, 0.717) is 5.25 Å². The average Bonchev–Trinajstić information content (AvgIpc) is 2.99. The van der Waals surface area contributed by atoms with Crippen LogP contribution in [0.2, 0.25) is 0 Å². The highest BCUT2D eigenvalue weighted by Gasteiger charge is 2.22. The molecule has 0 radical (unpaired) electrons. The van der Waals surface area contributed by atoms with Crippen LogP contribution in [0.5, 0.6) is 0 Å². The Balaban J connectivity index is 1.37. The largest absolute Gasteiger partial charge is 0.365 e. The van der Waals surface area contributed by atoms with E-state index in [1.165, 1.54) is 37.7 Å². The van der Waals surface area contributed by atoms with Gasteiger partial charge in [-0.2, -0.15) is 0 Å². The van der Waals surface area contributed by atoms with Crippen LogP contribution in [0.25, 0.3) is 0 Å². The molecule has 0 bridgehead atoms. The van der Waals surface area contributed by atoms with Gasteiger partial charge in [0.05, 0.1) is 11.8 Å². The molecule has 1 N–H and O–H groups in total. The van der Waals surface area contributed by atoms with E-state index < -0.39 is 0 Å². The molecule has 1 saturated carbocycles. The highest BCUT2D eigenvalue weighted by molar-refractivity contribution is 8.14. The molecule has 3 heteroatoms. The Bertz CT molecular complexity index is 463. The summed E-state index contributed by atoms with van der Waals surface area (Å²) in [6.45, 7) is 4.40. The zero-order valence-electron chi connectivity index (χ0n) is 12.9. The van der Waals surface area contributed by atoms with Crippen LogP contribution in [-0.4, -0.2) is 18.3 Å². The molecule has 0 saturated heterocycles. The lowest BCUT2D eigenvalue weighted by atomic mass is 9.81. The van der Waals surface area contributed by atoms with E-state index in [0.717, 1.165) is 30.1 Å². The Kier molecular flexibility index (Phi) is 5.23. The fourth-order valence-corrected chi connectivity index (χ4v) is 4.36. The van der Waals surface area contributed by atoms with Gasteiger partial charge >= 0.3 is 0 Å². The second kappa shape index (κ2) is 7.35. The van der Waals surface area contributed by atoms with E-state index in [1.54, 1.807) is 0 Å². The Morgan fingerprint density at radius 2 is 1.90 bits per heavy atom. The second-order valence-electron chi connectivity index (χ2n) is 6.50. The molecule has 1 aliphatic carbocycles. The fraction of sp³-hybridized carbons (Fsp3) is 0.611. The number of nitrogens with one attached hydrogen (secondary N) is 1. The quantitative estimate of drug-likeness (QED) is 0.876. The van der Waals surface area contributed by atoms with E-state index in [4.69, 9.17) is 0 Å². The topological polar surface area (TPSA) is 24.4 Å². The Hall–Kier alpha value is -0.960. The number of benzene rings is 1. The molecule has 2 nitrogen and oxygen atoms in total. The van der Waals surface area contributed by atoms with E-state index in [2.05, 4.69) is 47.6 Å². The van der Waals surface area contributed by atoms with Gasteiger partial charge in [0.2, 0.25) is 0 Å². The van der Waals surface area contributed by atoms with Crippen molar-refractivity contribution in [1.82, 2.24) is 5.32 Å². The molecule has 0 spiro atoms. The summed E-state index contributed by atoms with van der Waals surface area (Å²) in [6, 6.07) is 10.7. The summed E-state index contributed by atoms with van der Waals surface area (Å²) >= 11 is 1.89. The van der Waals surface area contributed by atoms with Crippen LogP contribution in [0.3, 0.4) is 0 Å². The zero-order chi connectivity index (χ0) is 14.5. The van der Waals surface area contributed by atoms with Crippen LogP contribution in [0, 0.1) is 11.8 Å². The molecule has 2 aliphatic rings. The summed E-state index contributed by atoms with van der Waals surface area (Å²) in [6.07, 6.45) is 7.01. The van der Waals surface area contributed by atoms with Gasteiger partial charge in [0.1, 0.15) is 0 Å². The van der Waals surface area contributed by atoms with Crippen LogP contribution in [0.4, 0.5) is 0 Å². The van der Waals surface area contributed by atoms with Crippen molar-refractivity contribution in [2.45, 2.75) is 44.3 Å². The van der Waals surface area contributed by atoms with Crippen molar-refractivity contribution >= 4 is 16.9 Å². The maximum atomic E-state index is 4.66. The van der Waals surface area contributed by atoms with Gasteiger partial charge in [0.15, 0.2) is 5.17 Å². The van der Waals surface area contributed by atoms with E-state index in [9.17, 15) is 0 Å². The Morgan fingerprint density at radius 3 is 2.67 bits per heavy atom. The molecular formula is C18H26N2S. The standard InChI is InChI=1S/C18H26N2S/c1-14-7-9-15(10-8-14)11-12-19-18-20-13-17(21-18)16-5-3-2-4-6-16/h2-6,14-15,17H,7-13H2,1H3,(H,19,20). The summed E-state index contributed by atoms with van der Waals surface area (Å²) in [5.41, 5.74) is 1.39. The zero-order valence-corrected chi connectivity index (χ0v) is 13.7. The molecule has 21 heavy (non-hydrogen) atoms. The lowest BCUT2D eigenvalue weighted by Crippen LogP contribution is -2.24. The third-order valence-corrected chi connectivity index (χ3v) is 5.99. The maximum absolute atomic E-state index is 4.66. The molecule has 1 unspecified atom stereocenters. The second-order valence-corrected chi connectivity index (χ2v) is 7.70. The molecule has 1 atom stereocenters. The maximum Gasteiger partial charge on any atom is 0.157 e. The van der Waals surface area contributed by atoms with Crippen molar-refractivity contribution in [3.8, 4) is 0 Å². The molecule has 1 aromatic rings. The Labute approximate surface area is 132 Å². The van der Waals surface area contributed by atoms with E-state index >= 15 is 0 Å². The summed E-state index contributed by atoms with van der Waals surface area (Å²) < 4.78 is 0. The summed E-state index contributed by atoms with van der Waals surface area (Å²) in [7, 11) is 0. The summed E-state index contributed by atoms with van der Waals surface area (Å²) in [4.78, 5) is 4.66. The number of nitrogens with zero attached hydrogens (tertiary/aromatic N) is 1. The first-order valence-electron chi connectivity index (χ1n) is 8.31. The average molecular weight is 302 g/mol. The third kappa shape index (κ3) is 4.26. The van der Waals surface area contributed by atoms with Crippen LogP contribution in [0.1, 0.15) is 49.8 Å². The van der Waals surface area contributed by atoms with Crippen molar-refractivity contribution in [2.24, 2.45) is 16.8 Å². The van der Waals surface area contributed by atoms with Crippen LogP contribution < -0.4 is 5.32 Å². The van der Waals surface area contributed by atoms with Crippen LogP contribution in [0.15, 0.2) is 35.3 Å². The van der Waals surface area contributed by atoms with Crippen molar-refractivity contribution in [3.05, 3.63) is 35.9 Å². The predicted molar refractivity (Wildman–Crippen MR) is 92.8 cm³/mol. The molecule has 1 aliphatic heterocycles. The van der Waals surface area contributed by atoms with Gasteiger partial charge in [-0.15, -0.1) is 0 Å². The molecule has 1 fully saturated rings. The normalized spacial score (nSPS) is 29.2. The smallest absolute Gasteiger partial charge is 0.157 e. The lowest BCUT2D eigenvalue weighted by molar-refractivity contribution is 0.278. The first-order valence-corrected chi connectivity index (χ1v) is 9.19. The Morgan fingerprint density at radius 1 is 1.14 bits per heavy atom. The molecule has 0 aromatic heterocycles. The first-order chi connectivity index (χ1) is 10.3. The minimum atomic E-state index is 0.504. The van der Waals surface area contributed by atoms with Crippen LogP contribution >= 0.6 is 11.8 Å². The minimum absolute atomic E-state index is 0.504. The van der Waals surface area contributed by atoms with Gasteiger partial charge in [-0.1, -0.05) is 74.7 Å².